The van der Waals surface area contributed by atoms with E-state index in [0.29, 0.717) is 22.9 Å². The van der Waals surface area contributed by atoms with E-state index in [1.54, 1.807) is 18.2 Å². The number of amides is 3. The molecule has 0 unspecified atom stereocenters. The van der Waals surface area contributed by atoms with E-state index in [9.17, 15) is 14.4 Å². The van der Waals surface area contributed by atoms with Crippen LogP contribution in [-0.2, 0) is 4.79 Å². The van der Waals surface area contributed by atoms with Crippen LogP contribution < -0.4 is 14.8 Å². The number of rotatable bonds is 6. The molecule has 3 aromatic rings. The number of imide groups is 1. The van der Waals surface area contributed by atoms with Crippen molar-refractivity contribution < 1.29 is 23.9 Å². The summed E-state index contributed by atoms with van der Waals surface area (Å²) in [5, 5.41) is 9.38. The van der Waals surface area contributed by atoms with E-state index in [-0.39, 0.29) is 27.1 Å². The van der Waals surface area contributed by atoms with Crippen LogP contribution in [0.25, 0.3) is 11.4 Å². The molecule has 0 saturated carbocycles. The number of carbonyl (C=O) groups is 3. The van der Waals surface area contributed by atoms with Gasteiger partial charge in [-0.15, -0.1) is 5.10 Å². The summed E-state index contributed by atoms with van der Waals surface area (Å²) >= 11 is 11.9. The number of carbonyl (C=O) groups excluding carboxylic acids is 3. The van der Waals surface area contributed by atoms with Crippen molar-refractivity contribution in [2.75, 3.05) is 26.1 Å². The molecular weight excluding hydrogens is 461 g/mol. The van der Waals surface area contributed by atoms with Gasteiger partial charge in [0.25, 0.3) is 11.8 Å². The zero-order valence-corrected chi connectivity index (χ0v) is 18.2. The molecule has 0 radical (unpaired) electrons. The van der Waals surface area contributed by atoms with E-state index in [2.05, 4.69) is 20.5 Å². The molecule has 0 atom stereocenters. The van der Waals surface area contributed by atoms with Gasteiger partial charge in [0.2, 0.25) is 11.9 Å². The molecule has 10 nitrogen and oxygen atoms in total. The first kappa shape index (κ1) is 21.6. The Kier molecular flexibility index (Phi) is 5.72. The Bertz CT molecular complexity index is 1220. The van der Waals surface area contributed by atoms with Gasteiger partial charge < -0.3 is 9.47 Å². The highest BCUT2D eigenvalue weighted by molar-refractivity contribution is 6.43. The van der Waals surface area contributed by atoms with Crippen molar-refractivity contribution >= 4 is 46.9 Å². The van der Waals surface area contributed by atoms with Crippen LogP contribution in [-0.4, -0.2) is 58.6 Å². The first-order chi connectivity index (χ1) is 15.3. The summed E-state index contributed by atoms with van der Waals surface area (Å²) in [6.45, 7) is -0.530. The van der Waals surface area contributed by atoms with Crippen LogP contribution in [0.5, 0.6) is 11.5 Å². The molecular formula is C20H15Cl2N5O5. The van der Waals surface area contributed by atoms with Crippen LogP contribution in [0.2, 0.25) is 10.0 Å². The number of ether oxygens (including phenoxy) is 2. The SMILES string of the molecule is COc1ccc(-c2nc(NC(=O)CN3C(=O)c4cc(Cl)c(Cl)cc4C3=O)n[nH]2)c(OC)c1. The maximum Gasteiger partial charge on any atom is 0.262 e. The van der Waals surface area contributed by atoms with Gasteiger partial charge in [0.15, 0.2) is 5.82 Å². The number of anilines is 1. The average Bonchev–Trinajstić information content (AvgIpc) is 3.33. The highest BCUT2D eigenvalue weighted by Gasteiger charge is 2.37. The molecule has 32 heavy (non-hydrogen) atoms. The van der Waals surface area contributed by atoms with Crippen molar-refractivity contribution in [2.45, 2.75) is 0 Å². The van der Waals surface area contributed by atoms with Gasteiger partial charge >= 0.3 is 0 Å². The minimum absolute atomic E-state index is 0.0365. The number of hydrogen-bond acceptors (Lipinski definition) is 7. The normalized spacial score (nSPS) is 12.7. The molecule has 1 aliphatic rings. The van der Waals surface area contributed by atoms with Gasteiger partial charge in [0.1, 0.15) is 18.0 Å². The molecule has 2 heterocycles. The fourth-order valence-electron chi connectivity index (χ4n) is 3.17. The van der Waals surface area contributed by atoms with E-state index >= 15 is 0 Å². The Balaban J connectivity index is 1.48. The Labute approximate surface area is 191 Å². The monoisotopic (exact) mass is 475 g/mol. The van der Waals surface area contributed by atoms with Crippen molar-refractivity contribution in [3.8, 4) is 22.9 Å². The van der Waals surface area contributed by atoms with Crippen LogP contribution in [0.4, 0.5) is 5.95 Å². The minimum Gasteiger partial charge on any atom is -0.497 e. The number of aromatic nitrogens is 3. The summed E-state index contributed by atoms with van der Waals surface area (Å²) in [6.07, 6.45) is 0. The summed E-state index contributed by atoms with van der Waals surface area (Å²) in [4.78, 5) is 42.5. The number of fused-ring (bicyclic) bond motifs is 1. The maximum atomic E-state index is 12.5. The lowest BCUT2D eigenvalue weighted by molar-refractivity contribution is -0.116. The predicted molar refractivity (Wildman–Crippen MR) is 115 cm³/mol. The molecule has 3 amide bonds. The lowest BCUT2D eigenvalue weighted by Gasteiger charge is -2.12. The van der Waals surface area contributed by atoms with E-state index in [1.807, 2.05) is 0 Å². The van der Waals surface area contributed by atoms with Crippen molar-refractivity contribution in [1.29, 1.82) is 0 Å². The third-order valence-electron chi connectivity index (χ3n) is 4.71. The molecule has 164 valence electrons. The first-order valence-electron chi connectivity index (χ1n) is 9.12. The fraction of sp³-hybridized carbons (Fsp3) is 0.150. The maximum absolute atomic E-state index is 12.5. The molecule has 12 heteroatoms. The lowest BCUT2D eigenvalue weighted by atomic mass is 10.1. The zero-order chi connectivity index (χ0) is 23.0. The number of halogens is 2. The second kappa shape index (κ2) is 8.48. The van der Waals surface area contributed by atoms with Crippen molar-refractivity contribution in [3.05, 3.63) is 51.5 Å². The smallest absolute Gasteiger partial charge is 0.262 e. The van der Waals surface area contributed by atoms with Crippen LogP contribution in [0.3, 0.4) is 0 Å². The topological polar surface area (TPSA) is 127 Å². The molecule has 0 aliphatic carbocycles. The summed E-state index contributed by atoms with van der Waals surface area (Å²) < 4.78 is 10.5. The Morgan fingerprint density at radius 1 is 1.03 bits per heavy atom. The van der Waals surface area contributed by atoms with Crippen LogP contribution >= 0.6 is 23.2 Å². The largest absolute Gasteiger partial charge is 0.497 e. The number of aromatic amines is 1. The molecule has 0 bridgehead atoms. The second-order valence-electron chi connectivity index (χ2n) is 6.63. The van der Waals surface area contributed by atoms with E-state index in [1.165, 1.54) is 26.4 Å². The lowest BCUT2D eigenvalue weighted by Crippen LogP contribution is -2.37. The molecule has 0 fully saturated rings. The van der Waals surface area contributed by atoms with E-state index in [4.69, 9.17) is 32.7 Å². The molecule has 4 rings (SSSR count). The van der Waals surface area contributed by atoms with Gasteiger partial charge in [0.05, 0.1) is 41.0 Å². The highest BCUT2D eigenvalue weighted by atomic mass is 35.5. The standard InChI is InChI=1S/C20H15Cl2N5O5/c1-31-9-3-4-10(15(5-9)32-2)17-24-20(26-25-17)23-16(28)8-27-18(29)11-6-13(21)14(22)7-12(11)19(27)30/h3-7H,8H2,1-2H3,(H2,23,24,25,26,28). The van der Waals surface area contributed by atoms with E-state index < -0.39 is 24.3 Å². The van der Waals surface area contributed by atoms with Gasteiger partial charge in [-0.3, -0.25) is 29.7 Å². The molecule has 0 saturated heterocycles. The zero-order valence-electron chi connectivity index (χ0n) is 16.7. The minimum atomic E-state index is -0.663. The third kappa shape index (κ3) is 3.85. The van der Waals surface area contributed by atoms with Crippen LogP contribution in [0, 0.1) is 0 Å². The van der Waals surface area contributed by atoms with Gasteiger partial charge in [-0.1, -0.05) is 23.2 Å². The molecule has 1 aromatic heterocycles. The van der Waals surface area contributed by atoms with Gasteiger partial charge in [-0.05, 0) is 24.3 Å². The molecule has 0 spiro atoms. The number of benzene rings is 2. The molecule has 2 aromatic carbocycles. The number of methoxy groups -OCH3 is 2. The number of H-pyrrole nitrogens is 1. The number of hydrogen-bond donors (Lipinski definition) is 2. The number of nitrogens with zero attached hydrogens (tertiary/aromatic N) is 3. The van der Waals surface area contributed by atoms with Crippen molar-refractivity contribution in [1.82, 2.24) is 20.1 Å². The van der Waals surface area contributed by atoms with Gasteiger partial charge in [0, 0.05) is 6.07 Å². The summed E-state index contributed by atoms with van der Waals surface area (Å²) in [7, 11) is 3.04. The summed E-state index contributed by atoms with van der Waals surface area (Å²) in [5.41, 5.74) is 0.767. The van der Waals surface area contributed by atoms with Crippen LogP contribution in [0.1, 0.15) is 20.7 Å². The molecule has 2 N–H and O–H groups in total. The van der Waals surface area contributed by atoms with Crippen LogP contribution in [0.15, 0.2) is 30.3 Å². The number of nitrogens with one attached hydrogen (secondary N) is 2. The Hall–Kier alpha value is -3.63. The van der Waals surface area contributed by atoms with Gasteiger partial charge in [-0.25, -0.2) is 0 Å². The van der Waals surface area contributed by atoms with Crippen molar-refractivity contribution in [3.63, 3.8) is 0 Å². The Morgan fingerprint density at radius 2 is 1.69 bits per heavy atom. The predicted octanol–water partition coefficient (Wildman–Crippen LogP) is 3.03. The highest BCUT2D eigenvalue weighted by Crippen LogP contribution is 2.32. The second-order valence-corrected chi connectivity index (χ2v) is 7.44. The Morgan fingerprint density at radius 3 is 2.28 bits per heavy atom. The first-order valence-corrected chi connectivity index (χ1v) is 9.88. The summed E-state index contributed by atoms with van der Waals surface area (Å²) in [6, 6.07) is 7.73. The molecule has 1 aliphatic heterocycles. The fourth-order valence-corrected chi connectivity index (χ4v) is 3.49. The van der Waals surface area contributed by atoms with Crippen molar-refractivity contribution in [2.24, 2.45) is 0 Å². The van der Waals surface area contributed by atoms with E-state index in [0.717, 1.165) is 4.90 Å². The average molecular weight is 476 g/mol. The quantitative estimate of drug-likeness (QED) is 0.524. The third-order valence-corrected chi connectivity index (χ3v) is 5.44. The summed E-state index contributed by atoms with van der Waals surface area (Å²) in [5.74, 6) is -0.557. The van der Waals surface area contributed by atoms with Gasteiger partial charge in [-0.2, -0.15) is 4.98 Å².